The van der Waals surface area contributed by atoms with Gasteiger partial charge in [0, 0.05) is 26.0 Å². The van der Waals surface area contributed by atoms with Crippen molar-refractivity contribution in [1.82, 2.24) is 4.98 Å². The zero-order chi connectivity index (χ0) is 10.2. The predicted molar refractivity (Wildman–Crippen MR) is 58.6 cm³/mol. The average molecular weight is 194 g/mol. The van der Waals surface area contributed by atoms with Crippen molar-refractivity contribution in [2.24, 2.45) is 0 Å². The maximum atomic E-state index is 4.97. The van der Waals surface area contributed by atoms with E-state index < -0.39 is 0 Å². The summed E-state index contributed by atoms with van der Waals surface area (Å²) in [5, 5.41) is 3.28. The van der Waals surface area contributed by atoms with Crippen LogP contribution in [-0.4, -0.2) is 25.2 Å². The molecule has 0 fully saturated rings. The van der Waals surface area contributed by atoms with Gasteiger partial charge in [-0.25, -0.2) is 4.98 Å². The average Bonchev–Trinajstić information content (AvgIpc) is 2.18. The van der Waals surface area contributed by atoms with Crippen LogP contribution >= 0.6 is 0 Å². The molecule has 0 aliphatic carbocycles. The summed E-state index contributed by atoms with van der Waals surface area (Å²) in [5.74, 6) is 0.961. The molecular formula is C11H18N2O. The SMILES string of the molecule is COCCCCNc1cccc(C)n1. The van der Waals surface area contributed by atoms with Gasteiger partial charge in [-0.2, -0.15) is 0 Å². The summed E-state index contributed by atoms with van der Waals surface area (Å²) in [4.78, 5) is 4.35. The van der Waals surface area contributed by atoms with Crippen LogP contribution in [0.1, 0.15) is 18.5 Å². The first-order valence-corrected chi connectivity index (χ1v) is 4.99. The van der Waals surface area contributed by atoms with Crippen molar-refractivity contribution in [2.45, 2.75) is 19.8 Å². The Morgan fingerprint density at radius 1 is 1.36 bits per heavy atom. The fourth-order valence-electron chi connectivity index (χ4n) is 1.23. The van der Waals surface area contributed by atoms with Crippen molar-refractivity contribution in [2.75, 3.05) is 25.6 Å². The number of aromatic nitrogens is 1. The lowest BCUT2D eigenvalue weighted by atomic mass is 10.3. The topological polar surface area (TPSA) is 34.1 Å². The van der Waals surface area contributed by atoms with Gasteiger partial charge in [-0.3, -0.25) is 0 Å². The van der Waals surface area contributed by atoms with Crippen molar-refractivity contribution < 1.29 is 4.74 Å². The zero-order valence-corrected chi connectivity index (χ0v) is 8.92. The van der Waals surface area contributed by atoms with Crippen LogP contribution in [-0.2, 0) is 4.74 Å². The fraction of sp³-hybridized carbons (Fsp3) is 0.545. The van der Waals surface area contributed by atoms with Gasteiger partial charge in [0.25, 0.3) is 0 Å². The molecule has 3 nitrogen and oxygen atoms in total. The Labute approximate surface area is 85.5 Å². The molecule has 0 aromatic carbocycles. The fourth-order valence-corrected chi connectivity index (χ4v) is 1.23. The van der Waals surface area contributed by atoms with Gasteiger partial charge in [0.05, 0.1) is 0 Å². The van der Waals surface area contributed by atoms with Crippen LogP contribution in [0.25, 0.3) is 0 Å². The summed E-state index contributed by atoms with van der Waals surface area (Å²) in [6, 6.07) is 6.00. The maximum absolute atomic E-state index is 4.97. The van der Waals surface area contributed by atoms with Crippen molar-refractivity contribution >= 4 is 5.82 Å². The first kappa shape index (κ1) is 11.0. The second-order valence-corrected chi connectivity index (χ2v) is 3.29. The molecule has 1 aromatic rings. The van der Waals surface area contributed by atoms with E-state index in [0.717, 1.165) is 37.5 Å². The van der Waals surface area contributed by atoms with Crippen LogP contribution in [0.4, 0.5) is 5.82 Å². The van der Waals surface area contributed by atoms with Crippen LogP contribution < -0.4 is 5.32 Å². The number of unbranched alkanes of at least 4 members (excludes halogenated alkanes) is 1. The van der Waals surface area contributed by atoms with E-state index in [-0.39, 0.29) is 0 Å². The maximum Gasteiger partial charge on any atom is 0.126 e. The van der Waals surface area contributed by atoms with E-state index in [9.17, 15) is 0 Å². The predicted octanol–water partition coefficient (Wildman–Crippen LogP) is 2.23. The smallest absolute Gasteiger partial charge is 0.126 e. The molecule has 0 atom stereocenters. The number of nitrogens with one attached hydrogen (secondary N) is 1. The van der Waals surface area contributed by atoms with Gasteiger partial charge in [-0.05, 0) is 31.9 Å². The van der Waals surface area contributed by atoms with Gasteiger partial charge in [0.15, 0.2) is 0 Å². The van der Waals surface area contributed by atoms with Gasteiger partial charge in [-0.15, -0.1) is 0 Å². The van der Waals surface area contributed by atoms with E-state index in [4.69, 9.17) is 4.74 Å². The highest BCUT2D eigenvalue weighted by Gasteiger charge is 1.92. The lowest BCUT2D eigenvalue weighted by molar-refractivity contribution is 0.194. The highest BCUT2D eigenvalue weighted by Crippen LogP contribution is 2.03. The number of anilines is 1. The number of nitrogens with zero attached hydrogens (tertiary/aromatic N) is 1. The highest BCUT2D eigenvalue weighted by atomic mass is 16.5. The minimum absolute atomic E-state index is 0.836. The molecule has 1 aromatic heterocycles. The summed E-state index contributed by atoms with van der Waals surface area (Å²) >= 11 is 0. The number of aryl methyl sites for hydroxylation is 1. The van der Waals surface area contributed by atoms with E-state index in [2.05, 4.69) is 10.3 Å². The Balaban J connectivity index is 2.18. The monoisotopic (exact) mass is 194 g/mol. The molecule has 14 heavy (non-hydrogen) atoms. The second kappa shape index (κ2) is 6.38. The molecule has 0 unspecified atom stereocenters. The summed E-state index contributed by atoms with van der Waals surface area (Å²) in [7, 11) is 1.73. The molecule has 78 valence electrons. The van der Waals surface area contributed by atoms with Crippen molar-refractivity contribution in [3.63, 3.8) is 0 Å². The molecule has 0 radical (unpaired) electrons. The Morgan fingerprint density at radius 2 is 2.21 bits per heavy atom. The zero-order valence-electron chi connectivity index (χ0n) is 8.92. The van der Waals surface area contributed by atoms with Crippen LogP contribution in [0.15, 0.2) is 18.2 Å². The molecule has 0 saturated carbocycles. The van der Waals surface area contributed by atoms with E-state index in [0.29, 0.717) is 0 Å². The number of hydrogen-bond acceptors (Lipinski definition) is 3. The number of rotatable bonds is 6. The Morgan fingerprint density at radius 3 is 2.93 bits per heavy atom. The number of methoxy groups -OCH3 is 1. The summed E-state index contributed by atoms with van der Waals surface area (Å²) in [6.07, 6.45) is 2.21. The summed E-state index contributed by atoms with van der Waals surface area (Å²) in [5.41, 5.74) is 1.05. The highest BCUT2D eigenvalue weighted by molar-refractivity contribution is 5.34. The number of ether oxygens (including phenoxy) is 1. The van der Waals surface area contributed by atoms with Gasteiger partial charge in [-0.1, -0.05) is 6.07 Å². The summed E-state index contributed by atoms with van der Waals surface area (Å²) < 4.78 is 4.97. The lowest BCUT2D eigenvalue weighted by Gasteiger charge is -2.05. The third kappa shape index (κ3) is 4.23. The van der Waals surface area contributed by atoms with Crippen LogP contribution in [0, 0.1) is 6.92 Å². The molecule has 0 saturated heterocycles. The second-order valence-electron chi connectivity index (χ2n) is 3.29. The largest absolute Gasteiger partial charge is 0.385 e. The van der Waals surface area contributed by atoms with Crippen molar-refractivity contribution in [1.29, 1.82) is 0 Å². The number of hydrogen-bond donors (Lipinski definition) is 1. The molecule has 0 aliphatic heterocycles. The molecule has 3 heteroatoms. The van der Waals surface area contributed by atoms with Crippen LogP contribution in [0.3, 0.4) is 0 Å². The molecule has 1 N–H and O–H groups in total. The third-order valence-electron chi connectivity index (χ3n) is 1.97. The Kier molecular flexibility index (Phi) is 5.00. The van der Waals surface area contributed by atoms with Crippen LogP contribution in [0.5, 0.6) is 0 Å². The van der Waals surface area contributed by atoms with Crippen molar-refractivity contribution in [3.05, 3.63) is 23.9 Å². The van der Waals surface area contributed by atoms with E-state index in [1.807, 2.05) is 25.1 Å². The quantitative estimate of drug-likeness (QED) is 0.705. The lowest BCUT2D eigenvalue weighted by Crippen LogP contribution is -2.04. The van der Waals surface area contributed by atoms with E-state index in [1.54, 1.807) is 7.11 Å². The Bertz CT molecular complexity index is 263. The minimum Gasteiger partial charge on any atom is -0.385 e. The molecule has 1 heterocycles. The molecule has 0 bridgehead atoms. The molecular weight excluding hydrogens is 176 g/mol. The standard InChI is InChI=1S/C11H18N2O/c1-10-6-5-7-11(13-10)12-8-3-4-9-14-2/h5-7H,3-4,8-9H2,1-2H3,(H,12,13). The van der Waals surface area contributed by atoms with E-state index in [1.165, 1.54) is 0 Å². The van der Waals surface area contributed by atoms with E-state index >= 15 is 0 Å². The summed E-state index contributed by atoms with van der Waals surface area (Å²) in [6.45, 7) is 3.79. The van der Waals surface area contributed by atoms with Gasteiger partial charge in [0.1, 0.15) is 5.82 Å². The molecule has 0 aliphatic rings. The van der Waals surface area contributed by atoms with Crippen molar-refractivity contribution in [3.8, 4) is 0 Å². The van der Waals surface area contributed by atoms with Gasteiger partial charge in [0.2, 0.25) is 0 Å². The third-order valence-corrected chi connectivity index (χ3v) is 1.97. The van der Waals surface area contributed by atoms with Crippen LogP contribution in [0.2, 0.25) is 0 Å². The first-order valence-electron chi connectivity index (χ1n) is 4.99. The first-order chi connectivity index (χ1) is 6.83. The molecule has 1 rings (SSSR count). The molecule has 0 amide bonds. The minimum atomic E-state index is 0.836. The normalized spacial score (nSPS) is 10.1. The van der Waals surface area contributed by atoms with Gasteiger partial charge < -0.3 is 10.1 Å². The Hall–Kier alpha value is -1.09. The van der Waals surface area contributed by atoms with Gasteiger partial charge >= 0.3 is 0 Å². The number of pyridine rings is 1. The molecule has 0 spiro atoms.